The SMILES string of the molecule is CCC(C)(C)CNc1nc(N)nc2sc(C)cc12. The van der Waals surface area contributed by atoms with E-state index in [2.05, 4.69) is 49.0 Å². The van der Waals surface area contributed by atoms with Crippen LogP contribution in [0.3, 0.4) is 0 Å². The number of aryl methyl sites for hydroxylation is 1. The van der Waals surface area contributed by atoms with Crippen LogP contribution in [0.2, 0.25) is 0 Å². The summed E-state index contributed by atoms with van der Waals surface area (Å²) in [5.41, 5.74) is 6.00. The molecule has 0 aromatic carbocycles. The van der Waals surface area contributed by atoms with Gasteiger partial charge in [-0.2, -0.15) is 4.98 Å². The van der Waals surface area contributed by atoms with E-state index in [1.807, 2.05) is 0 Å². The molecule has 0 saturated heterocycles. The fourth-order valence-corrected chi connectivity index (χ4v) is 2.53. The van der Waals surface area contributed by atoms with Crippen LogP contribution < -0.4 is 11.1 Å². The van der Waals surface area contributed by atoms with Gasteiger partial charge in [-0.15, -0.1) is 11.3 Å². The van der Waals surface area contributed by atoms with Crippen LogP contribution in [0.25, 0.3) is 10.2 Å². The smallest absolute Gasteiger partial charge is 0.223 e. The molecule has 4 nitrogen and oxygen atoms in total. The topological polar surface area (TPSA) is 63.8 Å². The lowest BCUT2D eigenvalue weighted by Gasteiger charge is -2.23. The lowest BCUT2D eigenvalue weighted by molar-refractivity contribution is 0.376. The Hall–Kier alpha value is -1.36. The highest BCUT2D eigenvalue weighted by Crippen LogP contribution is 2.30. The van der Waals surface area contributed by atoms with Crippen molar-refractivity contribution in [1.82, 2.24) is 9.97 Å². The molecule has 0 fully saturated rings. The second-order valence-corrected chi connectivity index (χ2v) is 6.61. The third kappa shape index (κ3) is 2.72. The average molecular weight is 264 g/mol. The summed E-state index contributed by atoms with van der Waals surface area (Å²) in [6.07, 6.45) is 1.12. The monoisotopic (exact) mass is 264 g/mol. The van der Waals surface area contributed by atoms with Gasteiger partial charge in [0.25, 0.3) is 0 Å². The molecule has 2 aromatic heterocycles. The van der Waals surface area contributed by atoms with Gasteiger partial charge in [-0.3, -0.25) is 0 Å². The number of thiophene rings is 1. The number of nitrogens with one attached hydrogen (secondary N) is 1. The number of hydrogen-bond donors (Lipinski definition) is 2. The van der Waals surface area contributed by atoms with Crippen LogP contribution in [0, 0.1) is 12.3 Å². The molecular weight excluding hydrogens is 244 g/mol. The van der Waals surface area contributed by atoms with Gasteiger partial charge in [-0.1, -0.05) is 20.8 Å². The normalized spacial score (nSPS) is 12.0. The summed E-state index contributed by atoms with van der Waals surface area (Å²) in [6.45, 7) is 9.62. The second-order valence-electron chi connectivity index (χ2n) is 5.38. The highest BCUT2D eigenvalue weighted by atomic mass is 32.1. The molecule has 0 aliphatic carbocycles. The molecule has 2 aromatic rings. The summed E-state index contributed by atoms with van der Waals surface area (Å²) < 4.78 is 0. The molecule has 0 spiro atoms. The number of anilines is 2. The fourth-order valence-electron chi connectivity index (χ4n) is 1.64. The van der Waals surface area contributed by atoms with E-state index in [0.29, 0.717) is 5.95 Å². The van der Waals surface area contributed by atoms with Crippen molar-refractivity contribution < 1.29 is 0 Å². The number of rotatable bonds is 4. The number of hydrogen-bond acceptors (Lipinski definition) is 5. The van der Waals surface area contributed by atoms with Crippen LogP contribution in [0.5, 0.6) is 0 Å². The minimum Gasteiger partial charge on any atom is -0.369 e. The van der Waals surface area contributed by atoms with E-state index in [-0.39, 0.29) is 5.41 Å². The molecule has 0 bridgehead atoms. The number of aromatic nitrogens is 2. The van der Waals surface area contributed by atoms with E-state index in [4.69, 9.17) is 5.73 Å². The van der Waals surface area contributed by atoms with Crippen molar-refractivity contribution in [2.24, 2.45) is 5.41 Å². The summed E-state index contributed by atoms with van der Waals surface area (Å²) in [5.74, 6) is 1.18. The highest BCUT2D eigenvalue weighted by Gasteiger charge is 2.16. The van der Waals surface area contributed by atoms with Crippen LogP contribution in [0.4, 0.5) is 11.8 Å². The van der Waals surface area contributed by atoms with Crippen molar-refractivity contribution in [2.45, 2.75) is 34.1 Å². The maximum atomic E-state index is 5.75. The van der Waals surface area contributed by atoms with E-state index in [0.717, 1.165) is 29.0 Å². The van der Waals surface area contributed by atoms with Crippen LogP contribution in [-0.2, 0) is 0 Å². The standard InChI is InChI=1S/C13H20N4S/c1-5-13(3,4)7-15-10-9-6-8(2)18-11(9)17-12(14)16-10/h6H,5,7H2,1-4H3,(H3,14,15,16,17). The molecule has 0 saturated carbocycles. The van der Waals surface area contributed by atoms with Crippen LogP contribution >= 0.6 is 11.3 Å². The van der Waals surface area contributed by atoms with Gasteiger partial charge in [0.2, 0.25) is 5.95 Å². The Morgan fingerprint density at radius 1 is 1.39 bits per heavy atom. The first kappa shape index (κ1) is 13.1. The third-order valence-electron chi connectivity index (χ3n) is 3.22. The summed E-state index contributed by atoms with van der Waals surface area (Å²) in [4.78, 5) is 10.8. The Balaban J connectivity index is 2.32. The van der Waals surface area contributed by atoms with Crippen LogP contribution in [-0.4, -0.2) is 16.5 Å². The Morgan fingerprint density at radius 2 is 2.11 bits per heavy atom. The fraction of sp³-hybridized carbons (Fsp3) is 0.538. The molecule has 3 N–H and O–H groups in total. The Kier molecular flexibility index (Phi) is 3.43. The predicted molar refractivity (Wildman–Crippen MR) is 79.1 cm³/mol. The van der Waals surface area contributed by atoms with Crippen molar-refractivity contribution >= 4 is 33.3 Å². The largest absolute Gasteiger partial charge is 0.369 e. The van der Waals surface area contributed by atoms with Crippen molar-refractivity contribution in [2.75, 3.05) is 17.6 Å². The summed E-state index contributed by atoms with van der Waals surface area (Å²) in [7, 11) is 0. The van der Waals surface area contributed by atoms with E-state index >= 15 is 0 Å². The molecule has 98 valence electrons. The number of nitrogens with two attached hydrogens (primary N) is 1. The lowest BCUT2D eigenvalue weighted by atomic mass is 9.90. The predicted octanol–water partition coefficient (Wildman–Crippen LogP) is 3.43. The summed E-state index contributed by atoms with van der Waals surface area (Å²) in [5, 5.41) is 4.48. The van der Waals surface area contributed by atoms with E-state index in [9.17, 15) is 0 Å². The number of fused-ring (bicyclic) bond motifs is 1. The minimum absolute atomic E-state index is 0.247. The van der Waals surface area contributed by atoms with Crippen LogP contribution in [0.1, 0.15) is 32.1 Å². The molecule has 18 heavy (non-hydrogen) atoms. The Bertz CT molecular complexity index is 559. The molecule has 0 amide bonds. The molecule has 0 unspecified atom stereocenters. The Morgan fingerprint density at radius 3 is 2.78 bits per heavy atom. The van der Waals surface area contributed by atoms with E-state index in [1.54, 1.807) is 11.3 Å². The van der Waals surface area contributed by atoms with E-state index in [1.165, 1.54) is 4.88 Å². The van der Waals surface area contributed by atoms with Gasteiger partial charge >= 0.3 is 0 Å². The molecular formula is C13H20N4S. The number of nitrogen functional groups attached to an aromatic ring is 1. The molecule has 0 atom stereocenters. The van der Waals surface area contributed by atoms with Gasteiger partial charge < -0.3 is 11.1 Å². The van der Waals surface area contributed by atoms with E-state index < -0.39 is 0 Å². The molecule has 0 aliphatic rings. The summed E-state index contributed by atoms with van der Waals surface area (Å²) >= 11 is 1.65. The average Bonchev–Trinajstić information content (AvgIpc) is 2.66. The highest BCUT2D eigenvalue weighted by molar-refractivity contribution is 7.18. The quantitative estimate of drug-likeness (QED) is 0.888. The molecule has 5 heteroatoms. The van der Waals surface area contributed by atoms with Crippen molar-refractivity contribution in [1.29, 1.82) is 0 Å². The first-order valence-corrected chi connectivity index (χ1v) is 7.00. The lowest BCUT2D eigenvalue weighted by Crippen LogP contribution is -2.22. The molecule has 2 rings (SSSR count). The summed E-state index contributed by atoms with van der Waals surface area (Å²) in [6, 6.07) is 2.11. The minimum atomic E-state index is 0.247. The zero-order valence-corrected chi connectivity index (χ0v) is 12.2. The van der Waals surface area contributed by atoms with Gasteiger partial charge in [0.1, 0.15) is 10.6 Å². The zero-order valence-electron chi connectivity index (χ0n) is 11.4. The van der Waals surface area contributed by atoms with Crippen LogP contribution in [0.15, 0.2) is 6.07 Å². The first-order chi connectivity index (χ1) is 8.41. The van der Waals surface area contributed by atoms with Crippen molar-refractivity contribution in [3.05, 3.63) is 10.9 Å². The third-order valence-corrected chi connectivity index (χ3v) is 4.17. The first-order valence-electron chi connectivity index (χ1n) is 6.19. The maximum Gasteiger partial charge on any atom is 0.223 e. The van der Waals surface area contributed by atoms with Crippen molar-refractivity contribution in [3.63, 3.8) is 0 Å². The van der Waals surface area contributed by atoms with Gasteiger partial charge in [-0.05, 0) is 24.8 Å². The number of nitrogens with zero attached hydrogens (tertiary/aromatic N) is 2. The van der Waals surface area contributed by atoms with Gasteiger partial charge in [-0.25, -0.2) is 4.98 Å². The molecule has 0 radical (unpaired) electrons. The molecule has 0 aliphatic heterocycles. The van der Waals surface area contributed by atoms with Gasteiger partial charge in [0, 0.05) is 11.4 Å². The Labute approximate surface area is 112 Å². The second kappa shape index (κ2) is 4.72. The zero-order chi connectivity index (χ0) is 13.3. The van der Waals surface area contributed by atoms with Gasteiger partial charge in [0.05, 0.1) is 5.39 Å². The van der Waals surface area contributed by atoms with Crippen molar-refractivity contribution in [3.8, 4) is 0 Å². The maximum absolute atomic E-state index is 5.75. The molecule has 2 heterocycles. The van der Waals surface area contributed by atoms with Gasteiger partial charge in [0.15, 0.2) is 0 Å².